The molecule has 0 spiro atoms. The van der Waals surface area contributed by atoms with Crippen molar-refractivity contribution in [2.75, 3.05) is 6.54 Å². The molecule has 128 valence electrons. The van der Waals surface area contributed by atoms with Gasteiger partial charge in [0, 0.05) is 18.7 Å². The van der Waals surface area contributed by atoms with Crippen LogP contribution >= 0.6 is 0 Å². The van der Waals surface area contributed by atoms with Gasteiger partial charge in [-0.05, 0) is 43.9 Å². The summed E-state index contributed by atoms with van der Waals surface area (Å²) in [6.07, 6.45) is 8.48. The van der Waals surface area contributed by atoms with Crippen molar-refractivity contribution >= 4 is 28.9 Å². The van der Waals surface area contributed by atoms with Gasteiger partial charge < -0.3 is 10.2 Å². The second-order valence-corrected chi connectivity index (χ2v) is 6.59. The summed E-state index contributed by atoms with van der Waals surface area (Å²) in [6.45, 7) is 0.620. The number of carbonyl (C=O) groups excluding carboxylic acids is 2. The first-order valence-corrected chi connectivity index (χ1v) is 8.71. The van der Waals surface area contributed by atoms with Crippen LogP contribution < -0.4 is 5.32 Å². The number of nitrogens with one attached hydrogen (secondary N) is 1. The van der Waals surface area contributed by atoms with Gasteiger partial charge in [-0.3, -0.25) is 14.6 Å². The van der Waals surface area contributed by atoms with Crippen molar-refractivity contribution in [1.29, 1.82) is 0 Å². The van der Waals surface area contributed by atoms with E-state index in [2.05, 4.69) is 15.3 Å². The average molecular weight is 336 g/mol. The monoisotopic (exact) mass is 336 g/mol. The van der Waals surface area contributed by atoms with E-state index < -0.39 is 0 Å². The SMILES string of the molecule is O=C(NC1CC1)[C@H]1CCCN1C(=O)/C=C\c1cnc2ccccc2n1. The number of rotatable bonds is 4. The number of hydrogen-bond acceptors (Lipinski definition) is 4. The van der Waals surface area contributed by atoms with Crippen molar-refractivity contribution in [2.24, 2.45) is 0 Å². The molecule has 4 rings (SSSR count). The summed E-state index contributed by atoms with van der Waals surface area (Å²) in [5.41, 5.74) is 2.24. The summed E-state index contributed by atoms with van der Waals surface area (Å²) in [7, 11) is 0. The second-order valence-electron chi connectivity index (χ2n) is 6.59. The lowest BCUT2D eigenvalue weighted by Gasteiger charge is -2.22. The molecule has 1 atom stereocenters. The lowest BCUT2D eigenvalue weighted by Crippen LogP contribution is -2.46. The van der Waals surface area contributed by atoms with Gasteiger partial charge >= 0.3 is 0 Å². The molecule has 1 saturated heterocycles. The van der Waals surface area contributed by atoms with Crippen LogP contribution in [0.4, 0.5) is 0 Å². The lowest BCUT2D eigenvalue weighted by molar-refractivity contribution is -0.135. The van der Waals surface area contributed by atoms with Crippen molar-refractivity contribution in [3.05, 3.63) is 42.2 Å². The quantitative estimate of drug-likeness (QED) is 0.866. The predicted molar refractivity (Wildman–Crippen MR) is 94.5 cm³/mol. The van der Waals surface area contributed by atoms with E-state index in [1.54, 1.807) is 17.2 Å². The highest BCUT2D eigenvalue weighted by molar-refractivity contribution is 5.96. The molecule has 0 unspecified atom stereocenters. The van der Waals surface area contributed by atoms with E-state index in [1.807, 2.05) is 24.3 Å². The minimum Gasteiger partial charge on any atom is -0.352 e. The van der Waals surface area contributed by atoms with Crippen molar-refractivity contribution in [2.45, 2.75) is 37.8 Å². The summed E-state index contributed by atoms with van der Waals surface area (Å²) < 4.78 is 0. The molecular formula is C19H20N4O2. The smallest absolute Gasteiger partial charge is 0.247 e. The summed E-state index contributed by atoms with van der Waals surface area (Å²) in [5, 5.41) is 3.00. The van der Waals surface area contributed by atoms with Gasteiger partial charge in [0.15, 0.2) is 0 Å². The van der Waals surface area contributed by atoms with Crippen LogP contribution in [0.5, 0.6) is 0 Å². The zero-order valence-corrected chi connectivity index (χ0v) is 13.9. The Hall–Kier alpha value is -2.76. The Kier molecular flexibility index (Phi) is 4.17. The molecule has 1 aromatic heterocycles. The zero-order valence-electron chi connectivity index (χ0n) is 13.9. The summed E-state index contributed by atoms with van der Waals surface area (Å²) in [6, 6.07) is 7.57. The highest BCUT2D eigenvalue weighted by atomic mass is 16.2. The van der Waals surface area contributed by atoms with Gasteiger partial charge in [0.1, 0.15) is 6.04 Å². The molecule has 6 nitrogen and oxygen atoms in total. The van der Waals surface area contributed by atoms with Gasteiger partial charge in [-0.15, -0.1) is 0 Å². The van der Waals surface area contributed by atoms with E-state index in [9.17, 15) is 9.59 Å². The van der Waals surface area contributed by atoms with E-state index in [-0.39, 0.29) is 17.9 Å². The van der Waals surface area contributed by atoms with Gasteiger partial charge in [-0.25, -0.2) is 4.98 Å². The number of para-hydroxylation sites is 2. The third-order valence-electron chi connectivity index (χ3n) is 4.63. The molecule has 1 aliphatic heterocycles. The maximum absolute atomic E-state index is 12.5. The third-order valence-corrected chi connectivity index (χ3v) is 4.63. The number of aromatic nitrogens is 2. The number of fused-ring (bicyclic) bond motifs is 1. The summed E-state index contributed by atoms with van der Waals surface area (Å²) in [4.78, 5) is 35.3. The van der Waals surface area contributed by atoms with Gasteiger partial charge in [-0.2, -0.15) is 0 Å². The largest absolute Gasteiger partial charge is 0.352 e. The van der Waals surface area contributed by atoms with Gasteiger partial charge in [0.25, 0.3) is 0 Å². The number of hydrogen-bond donors (Lipinski definition) is 1. The first-order valence-electron chi connectivity index (χ1n) is 8.71. The van der Waals surface area contributed by atoms with Crippen LogP contribution in [0.25, 0.3) is 17.1 Å². The molecule has 25 heavy (non-hydrogen) atoms. The third kappa shape index (κ3) is 3.52. The number of likely N-dealkylation sites (tertiary alicyclic amines) is 1. The molecule has 0 radical (unpaired) electrons. The van der Waals surface area contributed by atoms with Crippen molar-refractivity contribution in [3.8, 4) is 0 Å². The lowest BCUT2D eigenvalue weighted by atomic mass is 10.2. The fourth-order valence-corrected chi connectivity index (χ4v) is 3.13. The van der Waals surface area contributed by atoms with Crippen LogP contribution in [0.15, 0.2) is 36.5 Å². The highest BCUT2D eigenvalue weighted by Crippen LogP contribution is 2.22. The molecule has 2 heterocycles. The maximum Gasteiger partial charge on any atom is 0.247 e. The molecule has 1 N–H and O–H groups in total. The number of benzene rings is 1. The Morgan fingerprint density at radius 3 is 2.76 bits per heavy atom. The molecule has 0 bridgehead atoms. The standard InChI is InChI=1S/C19H20N4O2/c24-18(23-11-3-6-17(23)19(25)22-13-7-8-13)10-9-14-12-20-15-4-1-2-5-16(15)21-14/h1-2,4-5,9-10,12-13,17H,3,6-8,11H2,(H,22,25)/b10-9-/t17-/m1/s1. The van der Waals surface area contributed by atoms with Crippen molar-refractivity contribution in [3.63, 3.8) is 0 Å². The fraction of sp³-hybridized carbons (Fsp3) is 0.368. The predicted octanol–water partition coefficient (Wildman–Crippen LogP) is 1.91. The minimum atomic E-state index is -0.347. The normalized spacial score (nSPS) is 20.3. The first kappa shape index (κ1) is 15.7. The summed E-state index contributed by atoms with van der Waals surface area (Å²) >= 11 is 0. The van der Waals surface area contributed by atoms with E-state index >= 15 is 0 Å². The maximum atomic E-state index is 12.5. The Morgan fingerprint density at radius 1 is 1.16 bits per heavy atom. The van der Waals surface area contributed by atoms with Gasteiger partial charge in [-0.1, -0.05) is 12.1 Å². The molecule has 2 aromatic rings. The number of amides is 2. The molecule has 2 fully saturated rings. The van der Waals surface area contributed by atoms with Crippen LogP contribution in [0, 0.1) is 0 Å². The average Bonchev–Trinajstić information content (AvgIpc) is 3.30. The molecular weight excluding hydrogens is 316 g/mol. The Morgan fingerprint density at radius 2 is 1.96 bits per heavy atom. The highest BCUT2D eigenvalue weighted by Gasteiger charge is 2.35. The number of carbonyl (C=O) groups is 2. The van der Waals surface area contributed by atoms with Crippen LogP contribution in [0.3, 0.4) is 0 Å². The van der Waals surface area contributed by atoms with Crippen LogP contribution in [-0.4, -0.2) is 45.3 Å². The fourth-order valence-electron chi connectivity index (χ4n) is 3.13. The van der Waals surface area contributed by atoms with Gasteiger partial charge in [0.05, 0.1) is 22.9 Å². The molecule has 6 heteroatoms. The first-order chi connectivity index (χ1) is 12.2. The zero-order chi connectivity index (χ0) is 17.2. The molecule has 1 saturated carbocycles. The summed E-state index contributed by atoms with van der Waals surface area (Å²) in [5.74, 6) is -0.171. The topological polar surface area (TPSA) is 75.2 Å². The number of nitrogens with zero attached hydrogens (tertiary/aromatic N) is 3. The van der Waals surface area contributed by atoms with E-state index in [4.69, 9.17) is 0 Å². The van der Waals surface area contributed by atoms with Crippen LogP contribution in [-0.2, 0) is 9.59 Å². The van der Waals surface area contributed by atoms with Crippen LogP contribution in [0.1, 0.15) is 31.4 Å². The molecule has 1 aromatic carbocycles. The molecule has 2 aliphatic rings. The minimum absolute atomic E-state index is 0.0211. The Labute approximate surface area is 145 Å². The van der Waals surface area contributed by atoms with Crippen molar-refractivity contribution < 1.29 is 9.59 Å². The van der Waals surface area contributed by atoms with E-state index in [0.717, 1.165) is 36.7 Å². The molecule has 1 aliphatic carbocycles. The Bertz CT molecular complexity index is 844. The molecule has 2 amide bonds. The van der Waals surface area contributed by atoms with Gasteiger partial charge in [0.2, 0.25) is 11.8 Å². The Balaban J connectivity index is 1.45. The van der Waals surface area contributed by atoms with E-state index in [0.29, 0.717) is 18.3 Å². The van der Waals surface area contributed by atoms with E-state index in [1.165, 1.54) is 6.08 Å². The second kappa shape index (κ2) is 6.63. The van der Waals surface area contributed by atoms with Crippen molar-refractivity contribution in [1.82, 2.24) is 20.2 Å². The van der Waals surface area contributed by atoms with Crippen LogP contribution in [0.2, 0.25) is 0 Å².